The number of pyridine rings is 1. The summed E-state index contributed by atoms with van der Waals surface area (Å²) in [6, 6.07) is 9.54. The highest BCUT2D eigenvalue weighted by atomic mass is 19.1. The van der Waals surface area contributed by atoms with Gasteiger partial charge in [0.15, 0.2) is 11.8 Å². The molecular formula is C22H25F2N7. The number of nitrogens with one attached hydrogen (secondary N) is 2. The number of benzene rings is 1. The minimum atomic E-state index is -0.566. The average Bonchev–Trinajstić information content (AvgIpc) is 3.45. The summed E-state index contributed by atoms with van der Waals surface area (Å²) in [6.07, 6.45) is 6.13. The molecule has 1 aliphatic rings. The highest BCUT2D eigenvalue weighted by Crippen LogP contribution is 2.24. The van der Waals surface area contributed by atoms with Crippen molar-refractivity contribution in [3.8, 4) is 5.82 Å². The fraction of sp³-hybridized carbons (Fsp3) is 0.318. The number of hydrogen-bond donors (Lipinski definition) is 2. The van der Waals surface area contributed by atoms with Crippen LogP contribution in [0.3, 0.4) is 0 Å². The molecule has 0 saturated carbocycles. The van der Waals surface area contributed by atoms with E-state index in [0.717, 1.165) is 30.4 Å². The first-order valence-electron chi connectivity index (χ1n) is 10.3. The second-order valence-corrected chi connectivity index (χ2v) is 7.34. The molecule has 7 nitrogen and oxygen atoms in total. The predicted octanol–water partition coefficient (Wildman–Crippen LogP) is 2.88. The van der Waals surface area contributed by atoms with Crippen molar-refractivity contribution < 1.29 is 8.78 Å². The number of aliphatic imine (C=N–C) groups is 1. The highest BCUT2D eigenvalue weighted by molar-refractivity contribution is 5.80. The van der Waals surface area contributed by atoms with Crippen LogP contribution in [0.2, 0.25) is 0 Å². The minimum Gasteiger partial charge on any atom is -0.367 e. The zero-order valence-corrected chi connectivity index (χ0v) is 17.3. The lowest BCUT2D eigenvalue weighted by Crippen LogP contribution is -2.44. The second-order valence-electron chi connectivity index (χ2n) is 7.34. The summed E-state index contributed by atoms with van der Waals surface area (Å²) < 4.78 is 29.0. The van der Waals surface area contributed by atoms with Gasteiger partial charge in [-0.15, -0.1) is 0 Å². The summed E-state index contributed by atoms with van der Waals surface area (Å²) >= 11 is 0. The average molecular weight is 425 g/mol. The quantitative estimate of drug-likeness (QED) is 0.470. The van der Waals surface area contributed by atoms with E-state index in [0.29, 0.717) is 31.3 Å². The van der Waals surface area contributed by atoms with Crippen molar-refractivity contribution in [2.45, 2.75) is 25.9 Å². The fourth-order valence-corrected chi connectivity index (χ4v) is 3.61. The number of halogens is 2. The largest absolute Gasteiger partial charge is 0.367 e. The first-order chi connectivity index (χ1) is 15.1. The molecule has 1 unspecified atom stereocenters. The number of nitrogens with zero attached hydrogens (tertiary/aromatic N) is 5. The van der Waals surface area contributed by atoms with E-state index in [-0.39, 0.29) is 6.04 Å². The summed E-state index contributed by atoms with van der Waals surface area (Å²) in [4.78, 5) is 11.0. The summed E-state index contributed by atoms with van der Waals surface area (Å²) in [5, 5.41) is 10.9. The monoisotopic (exact) mass is 425 g/mol. The normalized spacial score (nSPS) is 16.5. The molecule has 3 heterocycles. The van der Waals surface area contributed by atoms with Crippen LogP contribution in [0.4, 0.5) is 14.5 Å². The molecule has 2 N–H and O–H groups in total. The molecule has 1 aliphatic heterocycles. The number of aromatic nitrogens is 3. The molecule has 1 atom stereocenters. The van der Waals surface area contributed by atoms with Gasteiger partial charge in [0.2, 0.25) is 0 Å². The van der Waals surface area contributed by atoms with E-state index in [4.69, 9.17) is 4.99 Å². The zero-order chi connectivity index (χ0) is 21.6. The van der Waals surface area contributed by atoms with Gasteiger partial charge in [-0.05, 0) is 49.2 Å². The molecule has 3 aromatic rings. The number of anilines is 1. The molecule has 0 bridgehead atoms. The summed E-state index contributed by atoms with van der Waals surface area (Å²) in [6.45, 7) is 4.52. The van der Waals surface area contributed by atoms with Gasteiger partial charge in [-0.2, -0.15) is 5.10 Å². The Morgan fingerprint density at radius 3 is 2.90 bits per heavy atom. The second kappa shape index (κ2) is 9.55. The van der Waals surface area contributed by atoms with Crippen molar-refractivity contribution in [3.05, 3.63) is 72.2 Å². The Morgan fingerprint density at radius 1 is 1.23 bits per heavy atom. The minimum absolute atomic E-state index is 0.110. The van der Waals surface area contributed by atoms with Crippen molar-refractivity contribution in [1.82, 2.24) is 25.4 Å². The van der Waals surface area contributed by atoms with Crippen molar-refractivity contribution in [2.24, 2.45) is 4.99 Å². The maximum absolute atomic E-state index is 14.1. The molecule has 0 amide bonds. The highest BCUT2D eigenvalue weighted by Gasteiger charge is 2.25. The van der Waals surface area contributed by atoms with Gasteiger partial charge in [-0.1, -0.05) is 0 Å². The molecule has 1 fully saturated rings. The summed E-state index contributed by atoms with van der Waals surface area (Å²) in [5.41, 5.74) is 1.44. The maximum atomic E-state index is 14.1. The summed E-state index contributed by atoms with van der Waals surface area (Å²) in [7, 11) is 0. The Labute approximate surface area is 179 Å². The van der Waals surface area contributed by atoms with Crippen LogP contribution >= 0.6 is 0 Å². The number of rotatable bonds is 6. The Balaban J connectivity index is 1.40. The third-order valence-corrected chi connectivity index (χ3v) is 5.09. The molecule has 0 spiro atoms. The van der Waals surface area contributed by atoms with Crippen molar-refractivity contribution in [2.75, 3.05) is 24.5 Å². The smallest absolute Gasteiger partial charge is 0.191 e. The van der Waals surface area contributed by atoms with Crippen LogP contribution in [-0.4, -0.2) is 46.4 Å². The van der Waals surface area contributed by atoms with Gasteiger partial charge in [-0.3, -0.25) is 0 Å². The van der Waals surface area contributed by atoms with Gasteiger partial charge >= 0.3 is 0 Å². The van der Waals surface area contributed by atoms with Gasteiger partial charge in [0.05, 0.1) is 12.2 Å². The third-order valence-electron chi connectivity index (χ3n) is 5.09. The molecular weight excluding hydrogens is 400 g/mol. The predicted molar refractivity (Wildman–Crippen MR) is 116 cm³/mol. The van der Waals surface area contributed by atoms with E-state index < -0.39 is 11.6 Å². The Hall–Kier alpha value is -3.49. The van der Waals surface area contributed by atoms with E-state index in [1.807, 2.05) is 36.2 Å². The van der Waals surface area contributed by atoms with Crippen molar-refractivity contribution >= 4 is 11.6 Å². The van der Waals surface area contributed by atoms with E-state index in [1.54, 1.807) is 17.1 Å². The molecule has 0 radical (unpaired) electrons. The fourth-order valence-electron chi connectivity index (χ4n) is 3.61. The van der Waals surface area contributed by atoms with Crippen LogP contribution in [0.1, 0.15) is 18.9 Å². The molecule has 4 rings (SSSR count). The Morgan fingerprint density at radius 2 is 2.13 bits per heavy atom. The lowest BCUT2D eigenvalue weighted by Gasteiger charge is -2.21. The van der Waals surface area contributed by atoms with Crippen LogP contribution in [0.25, 0.3) is 5.82 Å². The molecule has 1 aromatic carbocycles. The molecule has 9 heteroatoms. The molecule has 0 aliphatic carbocycles. The Kier molecular flexibility index (Phi) is 6.40. The third kappa shape index (κ3) is 5.17. The van der Waals surface area contributed by atoms with Crippen LogP contribution < -0.4 is 15.5 Å². The first-order valence-corrected chi connectivity index (χ1v) is 10.3. The maximum Gasteiger partial charge on any atom is 0.191 e. The van der Waals surface area contributed by atoms with Crippen LogP contribution in [0, 0.1) is 11.6 Å². The molecule has 162 valence electrons. The van der Waals surface area contributed by atoms with Gasteiger partial charge in [0, 0.05) is 50.3 Å². The SMILES string of the molecule is CCNC(=NCc1ccnc(-n2cccn2)c1)NC1CCN(c2ccc(F)cc2F)C1. The van der Waals surface area contributed by atoms with Gasteiger partial charge in [-0.25, -0.2) is 23.4 Å². The van der Waals surface area contributed by atoms with Gasteiger partial charge < -0.3 is 15.5 Å². The Bertz CT molecular complexity index is 1040. The standard InChI is InChI=1S/C22H25F2N7/c1-2-25-22(27-14-16-6-9-26-21(12-16)31-10-3-8-28-31)29-18-7-11-30(15-18)20-5-4-17(23)13-19(20)24/h3-6,8-10,12-13,18H,2,7,11,14-15H2,1H3,(H2,25,27,29). The zero-order valence-electron chi connectivity index (χ0n) is 17.3. The number of hydrogen-bond acceptors (Lipinski definition) is 4. The topological polar surface area (TPSA) is 70.4 Å². The molecule has 31 heavy (non-hydrogen) atoms. The van der Waals surface area contributed by atoms with Gasteiger partial charge in [0.25, 0.3) is 0 Å². The van der Waals surface area contributed by atoms with Crippen molar-refractivity contribution in [3.63, 3.8) is 0 Å². The lowest BCUT2D eigenvalue weighted by molar-refractivity contribution is 0.580. The first kappa shape index (κ1) is 20.8. The summed E-state index contributed by atoms with van der Waals surface area (Å²) in [5.74, 6) is 0.338. The van der Waals surface area contributed by atoms with E-state index in [9.17, 15) is 8.78 Å². The molecule has 2 aromatic heterocycles. The molecule has 1 saturated heterocycles. The van der Waals surface area contributed by atoms with E-state index >= 15 is 0 Å². The van der Waals surface area contributed by atoms with E-state index in [1.165, 1.54) is 12.1 Å². The van der Waals surface area contributed by atoms with Crippen molar-refractivity contribution in [1.29, 1.82) is 0 Å². The van der Waals surface area contributed by atoms with Crippen LogP contribution in [0.15, 0.2) is 60.0 Å². The number of guanidine groups is 1. The van der Waals surface area contributed by atoms with Crippen LogP contribution in [-0.2, 0) is 6.54 Å². The van der Waals surface area contributed by atoms with Gasteiger partial charge in [0.1, 0.15) is 11.6 Å². The van der Waals surface area contributed by atoms with Crippen LogP contribution in [0.5, 0.6) is 0 Å². The van der Waals surface area contributed by atoms with E-state index in [2.05, 4.69) is 20.7 Å². The lowest BCUT2D eigenvalue weighted by atomic mass is 10.2.